The molecule has 0 aromatic rings. The fraction of sp³-hybridized carbons (Fsp3) is 1.00. The van der Waals surface area contributed by atoms with Crippen LogP contribution in [-0.2, 0) is 4.74 Å². The topological polar surface area (TPSA) is 21.3 Å². The molecule has 1 aliphatic heterocycles. The van der Waals surface area contributed by atoms with Gasteiger partial charge in [-0.2, -0.15) is 0 Å². The number of hydrogen-bond donors (Lipinski definition) is 1. The molecule has 0 radical (unpaired) electrons. The molecule has 19 heavy (non-hydrogen) atoms. The van der Waals surface area contributed by atoms with Crippen LogP contribution in [0.2, 0.25) is 0 Å². The van der Waals surface area contributed by atoms with Crippen LogP contribution >= 0.6 is 0 Å². The summed E-state index contributed by atoms with van der Waals surface area (Å²) in [5.74, 6) is 0.880. The van der Waals surface area contributed by atoms with Crippen LogP contribution in [0.3, 0.4) is 0 Å². The highest BCUT2D eigenvalue weighted by atomic mass is 16.5. The van der Waals surface area contributed by atoms with Gasteiger partial charge in [-0.05, 0) is 52.4 Å². The van der Waals surface area contributed by atoms with Gasteiger partial charge in [0.2, 0.25) is 0 Å². The smallest absolute Gasteiger partial charge is 0.0537 e. The Bertz CT molecular complexity index is 255. The maximum absolute atomic E-state index is 5.90. The van der Waals surface area contributed by atoms with Crippen LogP contribution in [0.5, 0.6) is 0 Å². The van der Waals surface area contributed by atoms with E-state index in [4.69, 9.17) is 4.74 Å². The minimum atomic E-state index is 0.217. The van der Waals surface area contributed by atoms with Crippen molar-refractivity contribution >= 4 is 0 Å². The van der Waals surface area contributed by atoms with Crippen LogP contribution in [0.15, 0.2) is 0 Å². The van der Waals surface area contributed by atoms with Crippen LogP contribution in [0, 0.1) is 11.3 Å². The summed E-state index contributed by atoms with van der Waals surface area (Å²) in [6, 6.07) is 0. The molecule has 2 aliphatic rings. The summed E-state index contributed by atoms with van der Waals surface area (Å²) in [7, 11) is 0. The predicted molar refractivity (Wildman–Crippen MR) is 81.4 cm³/mol. The van der Waals surface area contributed by atoms with Crippen LogP contribution in [0.1, 0.15) is 72.1 Å². The first-order valence-electron chi connectivity index (χ1n) is 8.35. The number of ether oxygens (including phenoxy) is 1. The standard InChI is InChI=1S/C17H33NO/c1-16(2,3)18-13-17(11-8-12-19-14-17)15-9-6-4-5-7-10-15/h15,18H,4-14H2,1-3H3. The highest BCUT2D eigenvalue weighted by Gasteiger charge is 2.40. The number of nitrogens with one attached hydrogen (secondary N) is 1. The molecule has 1 saturated heterocycles. The van der Waals surface area contributed by atoms with Gasteiger partial charge in [-0.3, -0.25) is 0 Å². The molecule has 2 nitrogen and oxygen atoms in total. The zero-order valence-corrected chi connectivity index (χ0v) is 13.3. The molecule has 1 heterocycles. The minimum absolute atomic E-state index is 0.217. The summed E-state index contributed by atoms with van der Waals surface area (Å²) in [6.45, 7) is 9.93. The van der Waals surface area contributed by atoms with Crippen LogP contribution in [0.4, 0.5) is 0 Å². The lowest BCUT2D eigenvalue weighted by Gasteiger charge is -2.45. The SMILES string of the molecule is CC(C)(C)NCC1(C2CCCCCC2)CCCOC1. The van der Waals surface area contributed by atoms with E-state index in [0.29, 0.717) is 5.41 Å². The molecule has 1 unspecified atom stereocenters. The first-order chi connectivity index (χ1) is 9.02. The third kappa shape index (κ3) is 4.46. The van der Waals surface area contributed by atoms with Crippen LogP contribution < -0.4 is 5.32 Å². The van der Waals surface area contributed by atoms with Crippen molar-refractivity contribution in [2.45, 2.75) is 77.7 Å². The Labute approximate surface area is 119 Å². The van der Waals surface area contributed by atoms with Crippen molar-refractivity contribution in [1.82, 2.24) is 5.32 Å². The first-order valence-corrected chi connectivity index (χ1v) is 8.35. The highest BCUT2D eigenvalue weighted by Crippen LogP contribution is 2.43. The zero-order chi connectivity index (χ0) is 13.8. The first kappa shape index (κ1) is 15.3. The molecule has 1 N–H and O–H groups in total. The van der Waals surface area contributed by atoms with Crippen molar-refractivity contribution in [2.75, 3.05) is 19.8 Å². The van der Waals surface area contributed by atoms with Gasteiger partial charge in [0, 0.05) is 24.1 Å². The maximum Gasteiger partial charge on any atom is 0.0537 e. The Balaban J connectivity index is 2.04. The van der Waals surface area contributed by atoms with E-state index in [2.05, 4.69) is 26.1 Å². The predicted octanol–water partition coefficient (Wildman–Crippen LogP) is 4.14. The van der Waals surface area contributed by atoms with Gasteiger partial charge >= 0.3 is 0 Å². The lowest BCUT2D eigenvalue weighted by Crippen LogP contribution is -2.50. The zero-order valence-electron chi connectivity index (χ0n) is 13.3. The summed E-state index contributed by atoms with van der Waals surface area (Å²) in [5, 5.41) is 3.77. The van der Waals surface area contributed by atoms with Gasteiger partial charge in [-0.25, -0.2) is 0 Å². The Morgan fingerprint density at radius 2 is 1.74 bits per heavy atom. The Morgan fingerprint density at radius 1 is 1.05 bits per heavy atom. The lowest BCUT2D eigenvalue weighted by atomic mass is 9.68. The summed E-state index contributed by atoms with van der Waals surface area (Å²) in [5.41, 5.74) is 0.630. The molecular formula is C17H33NO. The summed E-state index contributed by atoms with van der Waals surface area (Å²) >= 11 is 0. The van der Waals surface area contributed by atoms with Gasteiger partial charge in [0.15, 0.2) is 0 Å². The van der Waals surface area contributed by atoms with E-state index in [9.17, 15) is 0 Å². The average molecular weight is 267 g/mol. The molecule has 2 fully saturated rings. The van der Waals surface area contributed by atoms with E-state index < -0.39 is 0 Å². The largest absolute Gasteiger partial charge is 0.381 e. The Morgan fingerprint density at radius 3 is 2.26 bits per heavy atom. The molecule has 112 valence electrons. The Kier molecular flexibility index (Phi) is 5.30. The van der Waals surface area contributed by atoms with Crippen molar-refractivity contribution in [3.05, 3.63) is 0 Å². The number of rotatable bonds is 3. The van der Waals surface area contributed by atoms with E-state index >= 15 is 0 Å². The molecule has 0 bridgehead atoms. The second-order valence-corrected chi connectivity index (χ2v) is 7.81. The monoisotopic (exact) mass is 267 g/mol. The molecule has 0 amide bonds. The van der Waals surface area contributed by atoms with E-state index in [-0.39, 0.29) is 5.54 Å². The van der Waals surface area contributed by atoms with Gasteiger partial charge < -0.3 is 10.1 Å². The molecule has 1 aliphatic carbocycles. The third-order valence-electron chi connectivity index (χ3n) is 5.04. The lowest BCUT2D eigenvalue weighted by molar-refractivity contribution is -0.0484. The average Bonchev–Trinajstić information content (AvgIpc) is 2.66. The molecule has 1 atom stereocenters. The van der Waals surface area contributed by atoms with Crippen molar-refractivity contribution in [1.29, 1.82) is 0 Å². The fourth-order valence-electron chi connectivity index (χ4n) is 3.81. The van der Waals surface area contributed by atoms with Gasteiger partial charge in [0.25, 0.3) is 0 Å². The van der Waals surface area contributed by atoms with E-state index in [1.165, 1.54) is 51.4 Å². The molecule has 0 spiro atoms. The maximum atomic E-state index is 5.90. The normalized spacial score (nSPS) is 31.1. The van der Waals surface area contributed by atoms with E-state index in [1.54, 1.807) is 0 Å². The quantitative estimate of drug-likeness (QED) is 0.776. The number of hydrogen-bond acceptors (Lipinski definition) is 2. The van der Waals surface area contributed by atoms with Crippen molar-refractivity contribution in [3.63, 3.8) is 0 Å². The van der Waals surface area contributed by atoms with E-state index in [1.807, 2.05) is 0 Å². The summed E-state index contributed by atoms with van der Waals surface area (Å²) < 4.78 is 5.90. The third-order valence-corrected chi connectivity index (χ3v) is 5.04. The van der Waals surface area contributed by atoms with Crippen LogP contribution in [0.25, 0.3) is 0 Å². The fourth-order valence-corrected chi connectivity index (χ4v) is 3.81. The van der Waals surface area contributed by atoms with Gasteiger partial charge in [-0.15, -0.1) is 0 Å². The van der Waals surface area contributed by atoms with Crippen molar-refractivity contribution in [2.24, 2.45) is 11.3 Å². The van der Waals surface area contributed by atoms with Crippen molar-refractivity contribution in [3.8, 4) is 0 Å². The molecule has 1 saturated carbocycles. The van der Waals surface area contributed by atoms with Crippen LogP contribution in [-0.4, -0.2) is 25.3 Å². The summed E-state index contributed by atoms with van der Waals surface area (Å²) in [4.78, 5) is 0. The minimum Gasteiger partial charge on any atom is -0.381 e. The van der Waals surface area contributed by atoms with Crippen molar-refractivity contribution < 1.29 is 4.74 Å². The Hall–Kier alpha value is -0.0800. The van der Waals surface area contributed by atoms with Gasteiger partial charge in [0.1, 0.15) is 0 Å². The molecular weight excluding hydrogens is 234 g/mol. The molecule has 2 heteroatoms. The second-order valence-electron chi connectivity index (χ2n) is 7.81. The molecule has 2 rings (SSSR count). The van der Waals surface area contributed by atoms with Gasteiger partial charge in [0.05, 0.1) is 6.61 Å². The molecule has 0 aromatic carbocycles. The van der Waals surface area contributed by atoms with Gasteiger partial charge in [-0.1, -0.05) is 25.7 Å². The summed E-state index contributed by atoms with van der Waals surface area (Å²) in [6.07, 6.45) is 11.2. The molecule has 0 aromatic heterocycles. The second kappa shape index (κ2) is 6.58. The highest BCUT2D eigenvalue weighted by molar-refractivity contribution is 4.92. The van der Waals surface area contributed by atoms with E-state index in [0.717, 1.165) is 25.7 Å².